The summed E-state index contributed by atoms with van der Waals surface area (Å²) in [4.78, 5) is 24.2. The summed E-state index contributed by atoms with van der Waals surface area (Å²) in [5, 5.41) is 0.757. The molecule has 2 heterocycles. The first-order valence-electron chi connectivity index (χ1n) is 4.80. The predicted octanol–water partition coefficient (Wildman–Crippen LogP) is 2.28. The lowest BCUT2D eigenvalue weighted by Gasteiger charge is -2.14. The largest absolute Gasteiger partial charge is 0.464 e. The Bertz CT molecular complexity index is 611. The molecule has 3 rings (SSSR count). The molecule has 0 fully saturated rings. The summed E-state index contributed by atoms with van der Waals surface area (Å²) >= 11 is 0. The summed E-state index contributed by atoms with van der Waals surface area (Å²) < 4.78 is 5.22. The molecular weight excluding hydrogens is 242 g/mol. The average Bonchev–Trinajstić information content (AvgIpc) is 2.86. The molecule has 2 aromatic rings. The standard InChI is InChI=1S/C12H7NO3.ClH/c14-11-4-5-12(15)13(11)9-2-1-3-10-8(9)6-7-16-10;/h1-7H;1H. The van der Waals surface area contributed by atoms with Gasteiger partial charge in [0.05, 0.1) is 12.0 Å². The fourth-order valence-electron chi connectivity index (χ4n) is 1.81. The van der Waals surface area contributed by atoms with E-state index in [9.17, 15) is 9.59 Å². The van der Waals surface area contributed by atoms with E-state index in [-0.39, 0.29) is 24.2 Å². The van der Waals surface area contributed by atoms with E-state index in [1.54, 1.807) is 24.3 Å². The quantitative estimate of drug-likeness (QED) is 0.729. The van der Waals surface area contributed by atoms with Crippen LogP contribution in [0.5, 0.6) is 0 Å². The highest BCUT2D eigenvalue weighted by atomic mass is 35.5. The molecule has 0 saturated carbocycles. The van der Waals surface area contributed by atoms with Gasteiger partial charge in [-0.15, -0.1) is 12.4 Å². The van der Waals surface area contributed by atoms with Gasteiger partial charge in [0.2, 0.25) is 0 Å². The summed E-state index contributed by atoms with van der Waals surface area (Å²) in [6.45, 7) is 0. The highest BCUT2D eigenvalue weighted by molar-refractivity contribution is 6.30. The van der Waals surface area contributed by atoms with Gasteiger partial charge in [-0.2, -0.15) is 0 Å². The maximum absolute atomic E-state index is 11.5. The van der Waals surface area contributed by atoms with Crippen molar-refractivity contribution in [2.45, 2.75) is 0 Å². The third kappa shape index (κ3) is 1.62. The van der Waals surface area contributed by atoms with Gasteiger partial charge in [0.25, 0.3) is 11.8 Å². The molecule has 17 heavy (non-hydrogen) atoms. The second-order valence-electron chi connectivity index (χ2n) is 3.45. The Labute approximate surface area is 103 Å². The molecule has 0 unspecified atom stereocenters. The number of nitrogens with zero attached hydrogens (tertiary/aromatic N) is 1. The average molecular weight is 250 g/mol. The molecule has 0 N–H and O–H groups in total. The number of hydrogen-bond acceptors (Lipinski definition) is 3. The number of amides is 2. The van der Waals surface area contributed by atoms with Crippen molar-refractivity contribution in [3.63, 3.8) is 0 Å². The number of anilines is 1. The second kappa shape index (κ2) is 4.07. The van der Waals surface area contributed by atoms with Gasteiger partial charge in [-0.25, -0.2) is 4.90 Å². The van der Waals surface area contributed by atoms with Gasteiger partial charge in [-0.1, -0.05) is 6.07 Å². The van der Waals surface area contributed by atoms with E-state index in [0.29, 0.717) is 11.3 Å². The maximum atomic E-state index is 11.5. The number of rotatable bonds is 1. The number of halogens is 1. The minimum Gasteiger partial charge on any atom is -0.464 e. The van der Waals surface area contributed by atoms with Crippen LogP contribution in [-0.2, 0) is 9.59 Å². The zero-order valence-corrected chi connectivity index (χ0v) is 9.44. The summed E-state index contributed by atoms with van der Waals surface area (Å²) in [5.74, 6) is -0.641. The molecule has 1 aromatic carbocycles. The monoisotopic (exact) mass is 249 g/mol. The maximum Gasteiger partial charge on any atom is 0.258 e. The molecule has 0 atom stereocenters. The molecule has 0 radical (unpaired) electrons. The number of carbonyl (C=O) groups is 2. The zero-order valence-electron chi connectivity index (χ0n) is 8.62. The van der Waals surface area contributed by atoms with Gasteiger partial charge < -0.3 is 4.42 Å². The van der Waals surface area contributed by atoms with Gasteiger partial charge >= 0.3 is 0 Å². The Morgan fingerprint density at radius 1 is 1.00 bits per heavy atom. The lowest BCUT2D eigenvalue weighted by atomic mass is 10.2. The van der Waals surface area contributed by atoms with Crippen molar-refractivity contribution >= 4 is 40.9 Å². The molecule has 1 aliphatic heterocycles. The number of imide groups is 1. The van der Waals surface area contributed by atoms with Crippen molar-refractivity contribution in [1.29, 1.82) is 0 Å². The van der Waals surface area contributed by atoms with Crippen LogP contribution in [0.25, 0.3) is 11.0 Å². The van der Waals surface area contributed by atoms with Crippen LogP contribution in [0.2, 0.25) is 0 Å². The summed E-state index contributed by atoms with van der Waals surface area (Å²) in [6, 6.07) is 7.00. The van der Waals surface area contributed by atoms with E-state index in [1.165, 1.54) is 18.4 Å². The van der Waals surface area contributed by atoms with Crippen LogP contribution in [0.15, 0.2) is 47.1 Å². The van der Waals surface area contributed by atoms with Crippen molar-refractivity contribution in [2.24, 2.45) is 0 Å². The summed E-state index contributed by atoms with van der Waals surface area (Å²) in [6.07, 6.45) is 4.06. The van der Waals surface area contributed by atoms with Crippen LogP contribution in [0, 0.1) is 0 Å². The zero-order chi connectivity index (χ0) is 11.1. The van der Waals surface area contributed by atoms with Crippen LogP contribution < -0.4 is 4.90 Å². The second-order valence-corrected chi connectivity index (χ2v) is 3.45. The number of hydrogen-bond donors (Lipinski definition) is 0. The van der Waals surface area contributed by atoms with Crippen LogP contribution in [0.4, 0.5) is 5.69 Å². The first-order chi connectivity index (χ1) is 7.77. The molecule has 0 bridgehead atoms. The smallest absolute Gasteiger partial charge is 0.258 e. The van der Waals surface area contributed by atoms with Crippen molar-refractivity contribution in [1.82, 2.24) is 0 Å². The third-order valence-electron chi connectivity index (χ3n) is 2.52. The molecule has 86 valence electrons. The number of fused-ring (bicyclic) bond motifs is 1. The highest BCUT2D eigenvalue weighted by Gasteiger charge is 2.26. The third-order valence-corrected chi connectivity index (χ3v) is 2.52. The van der Waals surface area contributed by atoms with Gasteiger partial charge in [0, 0.05) is 17.5 Å². The van der Waals surface area contributed by atoms with Crippen LogP contribution >= 0.6 is 12.4 Å². The van der Waals surface area contributed by atoms with Crippen LogP contribution in [0.3, 0.4) is 0 Å². The van der Waals surface area contributed by atoms with Crippen LogP contribution in [0.1, 0.15) is 0 Å². The van der Waals surface area contributed by atoms with Gasteiger partial charge in [-0.05, 0) is 18.2 Å². The Morgan fingerprint density at radius 3 is 2.41 bits per heavy atom. The molecule has 0 spiro atoms. The lowest BCUT2D eigenvalue weighted by molar-refractivity contribution is -0.119. The first kappa shape index (κ1) is 11.4. The Hall–Kier alpha value is -2.07. The number of furan rings is 1. The Kier molecular flexibility index (Phi) is 2.73. The van der Waals surface area contributed by atoms with Gasteiger partial charge in [0.15, 0.2) is 0 Å². The van der Waals surface area contributed by atoms with E-state index in [4.69, 9.17) is 4.42 Å². The van der Waals surface area contributed by atoms with E-state index < -0.39 is 0 Å². The van der Waals surface area contributed by atoms with Gasteiger partial charge in [-0.3, -0.25) is 9.59 Å². The van der Waals surface area contributed by atoms with E-state index >= 15 is 0 Å². The predicted molar refractivity (Wildman–Crippen MR) is 65.1 cm³/mol. The summed E-state index contributed by atoms with van der Waals surface area (Å²) in [7, 11) is 0. The van der Waals surface area contributed by atoms with Crippen molar-refractivity contribution in [2.75, 3.05) is 4.90 Å². The molecule has 5 heteroatoms. The molecular formula is C12H8ClNO3. The molecule has 4 nitrogen and oxygen atoms in total. The highest BCUT2D eigenvalue weighted by Crippen LogP contribution is 2.29. The Morgan fingerprint density at radius 2 is 1.71 bits per heavy atom. The molecule has 2 amide bonds. The fraction of sp³-hybridized carbons (Fsp3) is 0. The molecule has 0 saturated heterocycles. The molecule has 1 aromatic heterocycles. The van der Waals surface area contributed by atoms with Crippen molar-refractivity contribution in [3.05, 3.63) is 42.7 Å². The minimum absolute atomic E-state index is 0. The number of carbonyl (C=O) groups excluding carboxylic acids is 2. The SMILES string of the molecule is Cl.O=C1C=CC(=O)N1c1cccc2occc12. The van der Waals surface area contributed by atoms with E-state index in [2.05, 4.69) is 0 Å². The fourth-order valence-corrected chi connectivity index (χ4v) is 1.81. The molecule has 1 aliphatic rings. The van der Waals surface area contributed by atoms with Gasteiger partial charge in [0.1, 0.15) is 5.58 Å². The normalized spacial score (nSPS) is 14.5. The van der Waals surface area contributed by atoms with Crippen molar-refractivity contribution < 1.29 is 14.0 Å². The van der Waals surface area contributed by atoms with Crippen LogP contribution in [-0.4, -0.2) is 11.8 Å². The Balaban J connectivity index is 0.00000108. The van der Waals surface area contributed by atoms with Crippen molar-refractivity contribution in [3.8, 4) is 0 Å². The topological polar surface area (TPSA) is 50.5 Å². The number of benzene rings is 1. The summed E-state index contributed by atoms with van der Waals surface area (Å²) in [5.41, 5.74) is 1.22. The molecule has 0 aliphatic carbocycles. The minimum atomic E-state index is -0.321. The van der Waals surface area contributed by atoms with E-state index in [0.717, 1.165) is 10.3 Å². The lowest BCUT2D eigenvalue weighted by Crippen LogP contribution is -2.29. The van der Waals surface area contributed by atoms with E-state index in [1.807, 2.05) is 0 Å². The first-order valence-corrected chi connectivity index (χ1v) is 4.80.